The zero-order valence-corrected chi connectivity index (χ0v) is 19.1. The van der Waals surface area contributed by atoms with Crippen LogP contribution in [0.3, 0.4) is 0 Å². The summed E-state index contributed by atoms with van der Waals surface area (Å²) in [6.45, 7) is 4.02. The van der Waals surface area contributed by atoms with E-state index in [0.29, 0.717) is 30.0 Å². The lowest BCUT2D eigenvalue weighted by Gasteiger charge is -2.29. The minimum atomic E-state index is -5.08. The smallest absolute Gasteiger partial charge is 0.477 e. The molecule has 4 rings (SSSR count). The third-order valence-corrected chi connectivity index (χ3v) is 6.65. The number of halogens is 3. The van der Waals surface area contributed by atoms with Crippen LogP contribution in [0.15, 0.2) is 35.1 Å². The van der Waals surface area contributed by atoms with Crippen molar-refractivity contribution in [2.75, 3.05) is 18.0 Å². The molecule has 0 unspecified atom stereocenters. The topological polar surface area (TPSA) is 137 Å². The lowest BCUT2D eigenvalue weighted by molar-refractivity contribution is -0.192. The van der Waals surface area contributed by atoms with E-state index >= 15 is 0 Å². The Kier molecular flexibility index (Phi) is 7.89. The van der Waals surface area contributed by atoms with Crippen molar-refractivity contribution in [1.82, 2.24) is 4.98 Å². The van der Waals surface area contributed by atoms with E-state index in [1.165, 1.54) is 24.6 Å². The molecule has 35 heavy (non-hydrogen) atoms. The first kappa shape index (κ1) is 26.3. The zero-order chi connectivity index (χ0) is 25.9. The molecule has 3 atom stereocenters. The van der Waals surface area contributed by atoms with Crippen LogP contribution in [-0.2, 0) is 11.2 Å². The number of benzene rings is 1. The second kappa shape index (κ2) is 10.5. The number of aromatic amines is 1. The maximum Gasteiger partial charge on any atom is 0.490 e. The molecular formula is C24H28F3N3O5. The largest absolute Gasteiger partial charge is 0.490 e. The van der Waals surface area contributed by atoms with Crippen molar-refractivity contribution in [2.24, 2.45) is 17.6 Å². The normalized spacial score (nSPS) is 21.6. The van der Waals surface area contributed by atoms with Gasteiger partial charge < -0.3 is 25.8 Å². The summed E-state index contributed by atoms with van der Waals surface area (Å²) in [5, 5.41) is 16.3. The van der Waals surface area contributed by atoms with Gasteiger partial charge in [-0.05, 0) is 60.4 Å². The molecule has 190 valence electrons. The summed E-state index contributed by atoms with van der Waals surface area (Å²) in [5.74, 6) is -2.69. The molecule has 0 spiro atoms. The molecule has 2 aliphatic rings. The molecule has 11 heteroatoms. The van der Waals surface area contributed by atoms with Gasteiger partial charge in [0.1, 0.15) is 5.56 Å². The second-order valence-electron chi connectivity index (χ2n) is 8.84. The number of carboxylic acid groups (broad SMARTS) is 2. The number of pyridine rings is 1. The van der Waals surface area contributed by atoms with Crippen molar-refractivity contribution in [3.8, 4) is 11.3 Å². The van der Waals surface area contributed by atoms with Crippen LogP contribution in [0.25, 0.3) is 11.3 Å². The standard InChI is InChI=1S/C22H27N3O3.C2HF3O2/c1-2-13-10-17(22(27)28)21(26)24-20(13)14-6-8-16(9-7-14)25-11-15-4-3-5-19(23)18(15)12-25;3-2(4,5)1(6)7/h6-10,15,18-19H,2-5,11-12,23H2,1H3,(H,24,26)(H,27,28);(H,6,7)/t15-,18+,19-;/m1./s1. The SMILES string of the molecule is CCc1cc(C(=O)O)c(=O)[nH]c1-c1ccc(N2C[C@H]3CCC[C@@H](N)[C@H]3C2)cc1.O=C(O)C(F)(F)F. The van der Waals surface area contributed by atoms with E-state index in [2.05, 4.69) is 22.0 Å². The second-order valence-corrected chi connectivity index (χ2v) is 8.84. The predicted octanol–water partition coefficient (Wildman–Crippen LogP) is 3.50. The summed E-state index contributed by atoms with van der Waals surface area (Å²) in [4.78, 5) is 37.4. The Balaban J connectivity index is 0.000000429. The molecule has 1 aliphatic carbocycles. The number of nitrogens with one attached hydrogen (secondary N) is 1. The molecule has 1 aromatic carbocycles. The molecule has 8 nitrogen and oxygen atoms in total. The molecule has 1 aliphatic heterocycles. The van der Waals surface area contributed by atoms with Crippen LogP contribution in [0.5, 0.6) is 0 Å². The van der Waals surface area contributed by atoms with Gasteiger partial charge in [0.05, 0.1) is 5.69 Å². The summed E-state index contributed by atoms with van der Waals surface area (Å²) in [7, 11) is 0. The van der Waals surface area contributed by atoms with Gasteiger partial charge in [0.15, 0.2) is 0 Å². The number of hydrogen-bond donors (Lipinski definition) is 4. The molecule has 1 aromatic heterocycles. The van der Waals surface area contributed by atoms with E-state index in [4.69, 9.17) is 15.6 Å². The van der Waals surface area contributed by atoms with E-state index in [1.54, 1.807) is 0 Å². The van der Waals surface area contributed by atoms with Gasteiger partial charge in [0, 0.05) is 24.8 Å². The molecule has 2 heterocycles. The number of H-pyrrole nitrogens is 1. The Morgan fingerprint density at radius 2 is 1.77 bits per heavy atom. The van der Waals surface area contributed by atoms with E-state index < -0.39 is 23.7 Å². The first-order valence-electron chi connectivity index (χ1n) is 11.3. The maximum atomic E-state index is 12.1. The van der Waals surface area contributed by atoms with Gasteiger partial charge in [0.25, 0.3) is 5.56 Å². The maximum absolute atomic E-state index is 12.1. The molecule has 0 bridgehead atoms. The van der Waals surface area contributed by atoms with Gasteiger partial charge in [-0.15, -0.1) is 0 Å². The summed E-state index contributed by atoms with van der Waals surface area (Å²) < 4.78 is 31.7. The van der Waals surface area contributed by atoms with Gasteiger partial charge in [0.2, 0.25) is 0 Å². The summed E-state index contributed by atoms with van der Waals surface area (Å²) >= 11 is 0. The molecule has 0 radical (unpaired) electrons. The number of nitrogens with two attached hydrogens (primary N) is 1. The average Bonchev–Trinajstić information content (AvgIpc) is 3.24. The fourth-order valence-corrected chi connectivity index (χ4v) is 4.83. The summed E-state index contributed by atoms with van der Waals surface area (Å²) in [6, 6.07) is 9.97. The van der Waals surface area contributed by atoms with Gasteiger partial charge in [-0.2, -0.15) is 13.2 Å². The number of alkyl halides is 3. The minimum Gasteiger partial charge on any atom is -0.477 e. The third kappa shape index (κ3) is 6.02. The monoisotopic (exact) mass is 495 g/mol. The van der Waals surface area contributed by atoms with Crippen molar-refractivity contribution in [1.29, 1.82) is 0 Å². The number of anilines is 1. The number of aliphatic carboxylic acids is 1. The highest BCUT2D eigenvalue weighted by molar-refractivity contribution is 5.88. The van der Waals surface area contributed by atoms with Crippen molar-refractivity contribution in [3.05, 3.63) is 51.8 Å². The summed E-state index contributed by atoms with van der Waals surface area (Å²) in [6.07, 6.45) is -0.812. The third-order valence-electron chi connectivity index (χ3n) is 6.65. The van der Waals surface area contributed by atoms with E-state index in [1.807, 2.05) is 19.1 Å². The molecular weight excluding hydrogens is 467 g/mol. The number of fused-ring (bicyclic) bond motifs is 1. The van der Waals surface area contributed by atoms with Gasteiger partial charge >= 0.3 is 18.1 Å². The molecule has 1 saturated heterocycles. The van der Waals surface area contributed by atoms with Gasteiger partial charge in [-0.3, -0.25) is 4.79 Å². The highest BCUT2D eigenvalue weighted by Crippen LogP contribution is 2.38. The molecule has 0 amide bonds. The quantitative estimate of drug-likeness (QED) is 0.510. The van der Waals surface area contributed by atoms with E-state index in [9.17, 15) is 27.9 Å². The van der Waals surface area contributed by atoms with Crippen molar-refractivity contribution >= 4 is 17.6 Å². The van der Waals surface area contributed by atoms with Crippen LogP contribution in [0.1, 0.15) is 42.1 Å². The minimum absolute atomic E-state index is 0.215. The Labute approximate surface area is 199 Å². The molecule has 2 fully saturated rings. The van der Waals surface area contributed by atoms with Crippen LogP contribution in [0, 0.1) is 11.8 Å². The number of nitrogens with zero attached hydrogens (tertiary/aromatic N) is 1. The number of aromatic carboxylic acids is 1. The van der Waals surface area contributed by atoms with E-state index in [0.717, 1.165) is 30.6 Å². The fraction of sp³-hybridized carbons (Fsp3) is 0.458. The number of carbonyl (C=O) groups is 2. The highest BCUT2D eigenvalue weighted by atomic mass is 19.4. The number of aromatic nitrogens is 1. The van der Waals surface area contributed by atoms with Crippen molar-refractivity contribution in [3.63, 3.8) is 0 Å². The van der Waals surface area contributed by atoms with Crippen LogP contribution in [0.2, 0.25) is 0 Å². The molecule has 1 saturated carbocycles. The number of hydrogen-bond acceptors (Lipinski definition) is 5. The van der Waals surface area contributed by atoms with Crippen LogP contribution in [-0.4, -0.2) is 52.4 Å². The van der Waals surface area contributed by atoms with Crippen molar-refractivity contribution < 1.29 is 33.0 Å². The lowest BCUT2D eigenvalue weighted by atomic mass is 9.78. The zero-order valence-electron chi connectivity index (χ0n) is 19.1. The first-order chi connectivity index (χ1) is 16.4. The summed E-state index contributed by atoms with van der Waals surface area (Å²) in [5.41, 5.74) is 9.14. The predicted molar refractivity (Wildman–Crippen MR) is 124 cm³/mol. The first-order valence-corrected chi connectivity index (χ1v) is 11.3. The van der Waals surface area contributed by atoms with Crippen LogP contribution in [0.4, 0.5) is 18.9 Å². The van der Waals surface area contributed by atoms with Crippen LogP contribution >= 0.6 is 0 Å². The Morgan fingerprint density at radius 1 is 1.14 bits per heavy atom. The Morgan fingerprint density at radius 3 is 2.29 bits per heavy atom. The Hall–Kier alpha value is -3.34. The number of rotatable bonds is 4. The number of carboxylic acids is 2. The van der Waals surface area contributed by atoms with Gasteiger partial charge in [-0.25, -0.2) is 9.59 Å². The van der Waals surface area contributed by atoms with E-state index in [-0.39, 0.29) is 5.56 Å². The molecule has 5 N–H and O–H groups in total. The van der Waals surface area contributed by atoms with Crippen molar-refractivity contribution in [2.45, 2.75) is 44.8 Å². The van der Waals surface area contributed by atoms with Gasteiger partial charge in [-0.1, -0.05) is 25.5 Å². The number of aryl methyl sites for hydroxylation is 1. The highest BCUT2D eigenvalue weighted by Gasteiger charge is 2.39. The lowest BCUT2D eigenvalue weighted by Crippen LogP contribution is -2.38. The Bertz CT molecular complexity index is 1130. The fourth-order valence-electron chi connectivity index (χ4n) is 4.83. The van der Waals surface area contributed by atoms with Crippen LogP contribution < -0.4 is 16.2 Å². The molecule has 2 aromatic rings. The average molecular weight is 495 g/mol.